The number of anilines is 1. The molecule has 7 heteroatoms. The largest absolute Gasteiger partial charge is 0.481 e. The standard InChI is InChI=1S/C25H30N2O4S/c28-23(29)13-18-12-22(32-16-18)26-24(30)20-14-19-10-6-1-2-7-11-21(19)27(25(20)31)15-17-8-4-3-5-9-17/h4,8,12,14,16-17H,1-3,5-7,9-11,13,15H2,(H,26,30)(H,28,29). The van der Waals surface area contributed by atoms with Crippen LogP contribution in [0, 0.1) is 5.92 Å². The first-order chi connectivity index (χ1) is 15.5. The minimum Gasteiger partial charge on any atom is -0.481 e. The van der Waals surface area contributed by atoms with Gasteiger partial charge in [0.15, 0.2) is 0 Å². The van der Waals surface area contributed by atoms with Gasteiger partial charge in [-0.15, -0.1) is 11.3 Å². The molecule has 1 unspecified atom stereocenters. The van der Waals surface area contributed by atoms with Gasteiger partial charge in [-0.25, -0.2) is 0 Å². The molecule has 2 N–H and O–H groups in total. The Morgan fingerprint density at radius 2 is 1.94 bits per heavy atom. The number of thiophene rings is 1. The van der Waals surface area contributed by atoms with E-state index in [1.165, 1.54) is 24.2 Å². The molecule has 1 atom stereocenters. The first-order valence-corrected chi connectivity index (χ1v) is 12.4. The molecule has 170 valence electrons. The summed E-state index contributed by atoms with van der Waals surface area (Å²) in [5.41, 5.74) is 2.81. The molecule has 0 saturated heterocycles. The monoisotopic (exact) mass is 454 g/mol. The molecule has 0 aromatic carbocycles. The lowest BCUT2D eigenvalue weighted by Crippen LogP contribution is -2.34. The van der Waals surface area contributed by atoms with Crippen molar-refractivity contribution in [2.75, 3.05) is 5.32 Å². The molecule has 2 heterocycles. The summed E-state index contributed by atoms with van der Waals surface area (Å²) in [6.45, 7) is 0.626. The lowest BCUT2D eigenvalue weighted by Gasteiger charge is -2.24. The van der Waals surface area contributed by atoms with Crippen LogP contribution in [0.1, 0.15) is 72.1 Å². The van der Waals surface area contributed by atoms with E-state index in [1.807, 2.05) is 4.57 Å². The maximum Gasteiger partial charge on any atom is 0.307 e. The minimum absolute atomic E-state index is 0.0903. The Bertz CT molecular complexity index is 1080. The number of aliphatic carboxylic acids is 1. The lowest BCUT2D eigenvalue weighted by atomic mass is 9.93. The van der Waals surface area contributed by atoms with Gasteiger partial charge < -0.3 is 15.0 Å². The van der Waals surface area contributed by atoms with Gasteiger partial charge in [-0.2, -0.15) is 0 Å². The van der Waals surface area contributed by atoms with Gasteiger partial charge in [-0.3, -0.25) is 14.4 Å². The van der Waals surface area contributed by atoms with Crippen LogP contribution >= 0.6 is 11.3 Å². The van der Waals surface area contributed by atoms with Crippen molar-refractivity contribution in [3.8, 4) is 0 Å². The van der Waals surface area contributed by atoms with Gasteiger partial charge >= 0.3 is 5.97 Å². The number of carbonyl (C=O) groups is 2. The Hall–Kier alpha value is -2.67. The number of carboxylic acid groups (broad SMARTS) is 1. The molecule has 0 aliphatic heterocycles. The summed E-state index contributed by atoms with van der Waals surface area (Å²) in [4.78, 5) is 37.5. The van der Waals surface area contributed by atoms with E-state index >= 15 is 0 Å². The summed E-state index contributed by atoms with van der Waals surface area (Å²) < 4.78 is 1.88. The van der Waals surface area contributed by atoms with Crippen LogP contribution in [0.5, 0.6) is 0 Å². The summed E-state index contributed by atoms with van der Waals surface area (Å²) in [7, 11) is 0. The number of nitrogens with one attached hydrogen (secondary N) is 1. The van der Waals surface area contributed by atoms with Gasteiger partial charge in [0.25, 0.3) is 11.5 Å². The highest BCUT2D eigenvalue weighted by atomic mass is 32.1. The number of amides is 1. The van der Waals surface area contributed by atoms with E-state index in [0.717, 1.165) is 56.2 Å². The first-order valence-electron chi connectivity index (χ1n) is 11.5. The van der Waals surface area contributed by atoms with Crippen LogP contribution < -0.4 is 10.9 Å². The van der Waals surface area contributed by atoms with Crippen molar-refractivity contribution in [3.05, 3.63) is 62.4 Å². The summed E-state index contributed by atoms with van der Waals surface area (Å²) in [5.74, 6) is -1.01. The molecule has 2 aliphatic rings. The lowest BCUT2D eigenvalue weighted by molar-refractivity contribution is -0.136. The molecule has 32 heavy (non-hydrogen) atoms. The average Bonchev–Trinajstić information content (AvgIpc) is 3.17. The van der Waals surface area contributed by atoms with E-state index in [9.17, 15) is 14.4 Å². The molecule has 2 aromatic rings. The third-order valence-corrected chi connectivity index (χ3v) is 7.26. The number of aromatic nitrogens is 1. The van der Waals surface area contributed by atoms with Crippen LogP contribution in [-0.2, 0) is 30.6 Å². The number of allylic oxidation sites excluding steroid dienone is 2. The SMILES string of the molecule is O=C(O)Cc1csc(NC(=O)c2cc3c(n(CC4C=CCCC4)c2=O)CCCCCC3)c1. The van der Waals surface area contributed by atoms with Gasteiger partial charge in [-0.05, 0) is 79.5 Å². The van der Waals surface area contributed by atoms with Crippen molar-refractivity contribution in [1.29, 1.82) is 0 Å². The van der Waals surface area contributed by atoms with Crippen LogP contribution in [0.15, 0.2) is 34.5 Å². The van der Waals surface area contributed by atoms with Crippen molar-refractivity contribution in [2.45, 2.75) is 70.8 Å². The molecule has 0 spiro atoms. The Kier molecular flexibility index (Phi) is 7.25. The minimum atomic E-state index is -0.915. The highest BCUT2D eigenvalue weighted by molar-refractivity contribution is 7.14. The third-order valence-electron chi connectivity index (χ3n) is 6.36. The molecule has 0 bridgehead atoms. The second-order valence-corrected chi connectivity index (χ2v) is 9.73. The molecule has 0 saturated carbocycles. The van der Waals surface area contributed by atoms with Crippen LogP contribution in [0.2, 0.25) is 0 Å². The van der Waals surface area contributed by atoms with Crippen LogP contribution in [-0.4, -0.2) is 21.6 Å². The maximum absolute atomic E-state index is 13.5. The number of aryl methyl sites for hydroxylation is 1. The first kappa shape index (κ1) is 22.5. The van der Waals surface area contributed by atoms with Crippen molar-refractivity contribution in [3.63, 3.8) is 0 Å². The predicted molar refractivity (Wildman–Crippen MR) is 127 cm³/mol. The van der Waals surface area contributed by atoms with Gasteiger partial charge in [0.2, 0.25) is 0 Å². The molecular weight excluding hydrogens is 424 g/mol. The highest BCUT2D eigenvalue weighted by Gasteiger charge is 2.22. The fraction of sp³-hybridized carbons (Fsp3) is 0.480. The van der Waals surface area contributed by atoms with Gasteiger partial charge in [0.1, 0.15) is 5.56 Å². The van der Waals surface area contributed by atoms with Crippen molar-refractivity contribution in [1.82, 2.24) is 4.57 Å². The Labute approximate surface area is 192 Å². The maximum atomic E-state index is 13.5. The zero-order chi connectivity index (χ0) is 22.5. The molecule has 1 amide bonds. The summed E-state index contributed by atoms with van der Waals surface area (Å²) in [5, 5.41) is 14.1. The molecule has 4 rings (SSSR count). The van der Waals surface area contributed by atoms with Gasteiger partial charge in [0, 0.05) is 12.2 Å². The van der Waals surface area contributed by atoms with Crippen molar-refractivity contribution < 1.29 is 14.7 Å². The zero-order valence-electron chi connectivity index (χ0n) is 18.3. The van der Waals surface area contributed by atoms with E-state index in [4.69, 9.17) is 5.11 Å². The fourth-order valence-electron chi connectivity index (χ4n) is 4.75. The van der Waals surface area contributed by atoms with Crippen molar-refractivity contribution in [2.24, 2.45) is 5.92 Å². The summed E-state index contributed by atoms with van der Waals surface area (Å²) in [6, 6.07) is 3.47. The number of pyridine rings is 1. The number of carbonyl (C=O) groups excluding carboxylic acids is 1. The number of nitrogens with zero attached hydrogens (tertiary/aromatic N) is 1. The van der Waals surface area contributed by atoms with Crippen LogP contribution in [0.4, 0.5) is 5.00 Å². The Morgan fingerprint density at radius 1 is 1.12 bits per heavy atom. The molecule has 6 nitrogen and oxygen atoms in total. The van der Waals surface area contributed by atoms with Gasteiger partial charge in [-0.1, -0.05) is 25.0 Å². The van der Waals surface area contributed by atoms with E-state index in [1.54, 1.807) is 17.5 Å². The summed E-state index contributed by atoms with van der Waals surface area (Å²) >= 11 is 1.27. The normalized spacial score (nSPS) is 18.4. The fourth-order valence-corrected chi connectivity index (χ4v) is 5.55. The average molecular weight is 455 g/mol. The van der Waals surface area contributed by atoms with Crippen LogP contribution in [0.25, 0.3) is 0 Å². The third kappa shape index (κ3) is 5.38. The number of hydrogen-bond donors (Lipinski definition) is 2. The van der Waals surface area contributed by atoms with E-state index in [2.05, 4.69) is 17.5 Å². The molecule has 0 fully saturated rings. The second kappa shape index (κ2) is 10.3. The Morgan fingerprint density at radius 3 is 2.69 bits per heavy atom. The zero-order valence-corrected chi connectivity index (χ0v) is 19.1. The number of carboxylic acids is 1. The number of fused-ring (bicyclic) bond motifs is 1. The molecule has 2 aromatic heterocycles. The van der Waals surface area contributed by atoms with E-state index < -0.39 is 11.9 Å². The van der Waals surface area contributed by atoms with E-state index in [0.29, 0.717) is 23.0 Å². The quantitative estimate of drug-likeness (QED) is 0.614. The smallest absolute Gasteiger partial charge is 0.307 e. The molecular formula is C25H30N2O4S. The Balaban J connectivity index is 1.66. The molecule has 0 radical (unpaired) electrons. The topological polar surface area (TPSA) is 88.4 Å². The molecule has 2 aliphatic carbocycles. The van der Waals surface area contributed by atoms with E-state index in [-0.39, 0.29) is 17.5 Å². The number of rotatable bonds is 6. The second-order valence-electron chi connectivity index (χ2n) is 8.82. The highest BCUT2D eigenvalue weighted by Crippen LogP contribution is 2.25. The van der Waals surface area contributed by atoms with Crippen LogP contribution in [0.3, 0.4) is 0 Å². The number of hydrogen-bond acceptors (Lipinski definition) is 4. The van der Waals surface area contributed by atoms with Gasteiger partial charge in [0.05, 0.1) is 11.4 Å². The predicted octanol–water partition coefficient (Wildman–Crippen LogP) is 4.80. The summed E-state index contributed by atoms with van der Waals surface area (Å²) in [6.07, 6.45) is 13.9. The van der Waals surface area contributed by atoms with Crippen molar-refractivity contribution >= 4 is 28.2 Å².